The summed E-state index contributed by atoms with van der Waals surface area (Å²) in [5.74, 6) is 0.672. The van der Waals surface area contributed by atoms with Gasteiger partial charge in [0.25, 0.3) is 5.56 Å². The Hall–Kier alpha value is -2.45. The van der Waals surface area contributed by atoms with Crippen LogP contribution in [0.4, 0.5) is 5.69 Å². The monoisotopic (exact) mass is 425 g/mol. The maximum Gasteiger partial charge on any atom is 0.261 e. The molecule has 8 heteroatoms. The number of benzene rings is 1. The molecule has 1 atom stereocenters. The van der Waals surface area contributed by atoms with Crippen LogP contribution in [0.15, 0.2) is 29.3 Å². The number of fused-ring (bicyclic) bond motifs is 1. The molecule has 8 nitrogen and oxygen atoms in total. The second kappa shape index (κ2) is 7.91. The summed E-state index contributed by atoms with van der Waals surface area (Å²) in [6, 6.07) is 5.95. The summed E-state index contributed by atoms with van der Waals surface area (Å²) in [4.78, 5) is 35.2. The summed E-state index contributed by atoms with van der Waals surface area (Å²) in [6.45, 7) is 7.44. The van der Waals surface area contributed by atoms with Gasteiger partial charge in [-0.3, -0.25) is 19.1 Å². The molecule has 31 heavy (non-hydrogen) atoms. The average molecular weight is 426 g/mol. The number of hydrogen-bond donors (Lipinski definition) is 1. The highest BCUT2D eigenvalue weighted by atomic mass is 16.3. The minimum atomic E-state index is -0.804. The van der Waals surface area contributed by atoms with Crippen molar-refractivity contribution in [3.05, 3.63) is 34.9 Å². The van der Waals surface area contributed by atoms with Gasteiger partial charge < -0.3 is 14.9 Å². The van der Waals surface area contributed by atoms with Crippen LogP contribution in [-0.4, -0.2) is 81.8 Å². The summed E-state index contributed by atoms with van der Waals surface area (Å²) in [5.41, 5.74) is 1.08. The van der Waals surface area contributed by atoms with Crippen molar-refractivity contribution >= 4 is 22.5 Å². The number of aliphatic hydroxyl groups is 1. The average Bonchev–Trinajstić information content (AvgIpc) is 3.49. The zero-order valence-electron chi connectivity index (χ0n) is 18.2. The number of hydrogen-bond acceptors (Lipinski definition) is 6. The van der Waals surface area contributed by atoms with E-state index in [1.807, 2.05) is 18.2 Å². The molecule has 3 aliphatic rings. The van der Waals surface area contributed by atoms with Crippen molar-refractivity contribution in [2.24, 2.45) is 5.92 Å². The van der Waals surface area contributed by atoms with Gasteiger partial charge in [-0.25, -0.2) is 4.98 Å². The predicted octanol–water partition coefficient (Wildman–Crippen LogP) is 0.912. The molecule has 0 bridgehead atoms. The first-order valence-corrected chi connectivity index (χ1v) is 11.3. The molecule has 1 aromatic heterocycles. The Morgan fingerprint density at radius 2 is 1.97 bits per heavy atom. The van der Waals surface area contributed by atoms with E-state index in [9.17, 15) is 14.7 Å². The van der Waals surface area contributed by atoms with E-state index in [1.165, 1.54) is 12.8 Å². The summed E-state index contributed by atoms with van der Waals surface area (Å²) in [5, 5.41) is 11.6. The smallest absolute Gasteiger partial charge is 0.261 e. The molecule has 3 fully saturated rings. The SMILES string of the molecule is CC(=O)N1CCC(O)(CN2CCN(c3ccc4c(=O)n(CC5CC5)cnc4c3)CC2)C1. The zero-order valence-corrected chi connectivity index (χ0v) is 18.2. The van der Waals surface area contributed by atoms with Gasteiger partial charge in [0.05, 0.1) is 29.4 Å². The fourth-order valence-corrected chi connectivity index (χ4v) is 4.89. The molecule has 1 N–H and O–H groups in total. The lowest BCUT2D eigenvalue weighted by atomic mass is 10.0. The lowest BCUT2D eigenvalue weighted by Crippen LogP contribution is -2.53. The van der Waals surface area contributed by atoms with E-state index < -0.39 is 5.60 Å². The van der Waals surface area contributed by atoms with E-state index in [0.717, 1.165) is 43.9 Å². The zero-order chi connectivity index (χ0) is 21.6. The van der Waals surface area contributed by atoms with E-state index in [4.69, 9.17) is 0 Å². The molecule has 2 aromatic rings. The molecule has 1 aromatic carbocycles. The summed E-state index contributed by atoms with van der Waals surface area (Å²) < 4.78 is 1.75. The fraction of sp³-hybridized carbons (Fsp3) is 0.609. The van der Waals surface area contributed by atoms with Gasteiger partial charge in [0, 0.05) is 58.4 Å². The van der Waals surface area contributed by atoms with Crippen molar-refractivity contribution < 1.29 is 9.90 Å². The van der Waals surface area contributed by atoms with Crippen LogP contribution in [0.25, 0.3) is 10.9 Å². The molecule has 3 heterocycles. The fourth-order valence-electron chi connectivity index (χ4n) is 4.89. The third kappa shape index (κ3) is 4.32. The topological polar surface area (TPSA) is 81.9 Å². The number of likely N-dealkylation sites (tertiary alicyclic amines) is 1. The van der Waals surface area contributed by atoms with E-state index >= 15 is 0 Å². The predicted molar refractivity (Wildman–Crippen MR) is 119 cm³/mol. The molecule has 2 aliphatic heterocycles. The first-order chi connectivity index (χ1) is 14.9. The lowest BCUT2D eigenvalue weighted by molar-refractivity contribution is -0.128. The lowest BCUT2D eigenvalue weighted by Gasteiger charge is -2.39. The van der Waals surface area contributed by atoms with Gasteiger partial charge in [-0.05, 0) is 43.4 Å². The van der Waals surface area contributed by atoms with Crippen LogP contribution in [0, 0.1) is 5.92 Å². The number of carbonyl (C=O) groups is 1. The Morgan fingerprint density at radius 1 is 1.19 bits per heavy atom. The van der Waals surface area contributed by atoms with Crippen molar-refractivity contribution in [3.8, 4) is 0 Å². The van der Waals surface area contributed by atoms with Crippen LogP contribution in [0.5, 0.6) is 0 Å². The summed E-state index contributed by atoms with van der Waals surface area (Å²) in [7, 11) is 0. The molecule has 5 rings (SSSR count). The molecular formula is C23H31N5O3. The molecule has 1 amide bonds. The largest absolute Gasteiger partial charge is 0.387 e. The highest BCUT2D eigenvalue weighted by molar-refractivity contribution is 5.81. The maximum absolute atomic E-state index is 12.7. The molecule has 1 aliphatic carbocycles. The van der Waals surface area contributed by atoms with E-state index in [0.29, 0.717) is 37.4 Å². The van der Waals surface area contributed by atoms with Gasteiger partial charge in [0.15, 0.2) is 0 Å². The van der Waals surface area contributed by atoms with Crippen molar-refractivity contribution in [1.82, 2.24) is 19.4 Å². The molecule has 0 radical (unpaired) electrons. The molecule has 2 saturated heterocycles. The van der Waals surface area contributed by atoms with Crippen molar-refractivity contribution in [2.45, 2.75) is 38.3 Å². The van der Waals surface area contributed by atoms with E-state index in [2.05, 4.69) is 14.8 Å². The molecule has 166 valence electrons. The summed E-state index contributed by atoms with van der Waals surface area (Å²) in [6.07, 6.45) is 4.75. The van der Waals surface area contributed by atoms with Crippen LogP contribution >= 0.6 is 0 Å². The Kier molecular flexibility index (Phi) is 5.22. The van der Waals surface area contributed by atoms with E-state index in [-0.39, 0.29) is 11.5 Å². The van der Waals surface area contributed by atoms with Gasteiger partial charge in [-0.1, -0.05) is 0 Å². The number of β-amino-alcohol motifs (C(OH)–C–C–N with tert-alkyl or cyclic N) is 1. The quantitative estimate of drug-likeness (QED) is 0.767. The van der Waals surface area contributed by atoms with Crippen LogP contribution in [0.2, 0.25) is 0 Å². The highest BCUT2D eigenvalue weighted by Crippen LogP contribution is 2.30. The number of carbonyl (C=O) groups excluding carboxylic acids is 1. The molecular weight excluding hydrogens is 394 g/mol. The van der Waals surface area contributed by atoms with Gasteiger partial charge >= 0.3 is 0 Å². The first-order valence-electron chi connectivity index (χ1n) is 11.3. The van der Waals surface area contributed by atoms with Crippen LogP contribution < -0.4 is 10.5 Å². The van der Waals surface area contributed by atoms with Crippen LogP contribution in [0.1, 0.15) is 26.2 Å². The Labute approximate surface area is 182 Å². The number of amides is 1. The van der Waals surface area contributed by atoms with Crippen molar-refractivity contribution in [3.63, 3.8) is 0 Å². The third-order valence-electron chi connectivity index (χ3n) is 6.99. The first kappa shape index (κ1) is 20.5. The second-order valence-corrected chi connectivity index (χ2v) is 9.53. The van der Waals surface area contributed by atoms with Crippen molar-refractivity contribution in [2.75, 3.05) is 50.7 Å². The Morgan fingerprint density at radius 3 is 2.65 bits per heavy atom. The van der Waals surface area contributed by atoms with Gasteiger partial charge in [0.2, 0.25) is 5.91 Å². The van der Waals surface area contributed by atoms with Crippen LogP contribution in [-0.2, 0) is 11.3 Å². The highest BCUT2D eigenvalue weighted by Gasteiger charge is 2.39. The Balaban J connectivity index is 1.22. The maximum atomic E-state index is 12.7. The minimum absolute atomic E-state index is 0.0324. The van der Waals surface area contributed by atoms with Gasteiger partial charge in [-0.15, -0.1) is 0 Å². The van der Waals surface area contributed by atoms with Gasteiger partial charge in [-0.2, -0.15) is 0 Å². The Bertz CT molecular complexity index is 1040. The minimum Gasteiger partial charge on any atom is -0.387 e. The number of nitrogens with zero attached hydrogens (tertiary/aromatic N) is 5. The third-order valence-corrected chi connectivity index (χ3v) is 6.99. The number of aromatic nitrogens is 2. The standard InChI is InChI=1S/C23H31N5O3/c1-17(29)27-7-6-23(31,15-27)14-25-8-10-26(11-9-25)19-4-5-20-21(12-19)24-16-28(22(20)30)13-18-2-3-18/h4-5,12,16,18,31H,2-3,6-11,13-15H2,1H3. The van der Waals surface area contributed by atoms with Crippen molar-refractivity contribution in [1.29, 1.82) is 0 Å². The molecule has 0 spiro atoms. The normalized spacial score (nSPS) is 24.8. The summed E-state index contributed by atoms with van der Waals surface area (Å²) >= 11 is 0. The second-order valence-electron chi connectivity index (χ2n) is 9.53. The van der Waals surface area contributed by atoms with Gasteiger partial charge in [0.1, 0.15) is 0 Å². The van der Waals surface area contributed by atoms with Crippen LogP contribution in [0.3, 0.4) is 0 Å². The van der Waals surface area contributed by atoms with E-state index in [1.54, 1.807) is 22.7 Å². The number of piperazine rings is 1. The molecule has 1 unspecified atom stereocenters. The molecule has 1 saturated carbocycles. The number of rotatable bonds is 5. The number of anilines is 1.